The highest BCUT2D eigenvalue weighted by Gasteiger charge is 2.14. The Labute approximate surface area is 170 Å². The second kappa shape index (κ2) is 8.77. The number of piperidine rings is 1. The molecule has 0 bridgehead atoms. The highest BCUT2D eigenvalue weighted by atomic mass is 16.1. The van der Waals surface area contributed by atoms with Crippen molar-refractivity contribution in [2.24, 2.45) is 0 Å². The minimum Gasteiger partial charge on any atom is -0.345 e. The van der Waals surface area contributed by atoms with E-state index in [1.807, 2.05) is 66.3 Å². The van der Waals surface area contributed by atoms with Gasteiger partial charge in [0.15, 0.2) is 0 Å². The van der Waals surface area contributed by atoms with Gasteiger partial charge in [-0.05, 0) is 62.6 Å². The van der Waals surface area contributed by atoms with Crippen molar-refractivity contribution in [2.75, 3.05) is 28.6 Å². The number of aryl methyl sites for hydroxylation is 1. The first-order chi connectivity index (χ1) is 14.2. The van der Waals surface area contributed by atoms with Crippen LogP contribution in [-0.4, -0.2) is 33.5 Å². The van der Waals surface area contributed by atoms with E-state index in [-0.39, 0.29) is 5.91 Å². The van der Waals surface area contributed by atoms with Gasteiger partial charge in [0, 0.05) is 48.6 Å². The van der Waals surface area contributed by atoms with Gasteiger partial charge in [-0.2, -0.15) is 4.98 Å². The van der Waals surface area contributed by atoms with E-state index < -0.39 is 0 Å². The maximum absolute atomic E-state index is 12.1. The van der Waals surface area contributed by atoms with Crippen LogP contribution in [0.3, 0.4) is 0 Å². The van der Waals surface area contributed by atoms with Gasteiger partial charge >= 0.3 is 0 Å². The normalized spacial score (nSPS) is 13.9. The summed E-state index contributed by atoms with van der Waals surface area (Å²) >= 11 is 0. The summed E-state index contributed by atoms with van der Waals surface area (Å²) in [7, 11) is 0. The van der Waals surface area contributed by atoms with Crippen molar-refractivity contribution in [1.29, 1.82) is 0 Å². The minimum absolute atomic E-state index is 0.0560. The van der Waals surface area contributed by atoms with Gasteiger partial charge in [-0.15, -0.1) is 0 Å². The largest absolute Gasteiger partial charge is 0.345 e. The number of hydrogen-bond acceptors (Lipinski definition) is 5. The lowest BCUT2D eigenvalue weighted by Gasteiger charge is -2.27. The Bertz CT molecular complexity index is 946. The number of nitrogens with zero attached hydrogens (tertiary/aromatic N) is 4. The number of anilines is 4. The number of nitrogens with one attached hydrogen (secondary N) is 2. The zero-order chi connectivity index (χ0) is 20.1. The van der Waals surface area contributed by atoms with Crippen LogP contribution < -0.4 is 15.5 Å². The molecule has 2 N–H and O–H groups in total. The minimum atomic E-state index is -0.0560. The summed E-state index contributed by atoms with van der Waals surface area (Å²) in [5, 5.41) is 6.26. The highest BCUT2D eigenvalue weighted by molar-refractivity contribution is 5.90. The van der Waals surface area contributed by atoms with Crippen LogP contribution in [0.1, 0.15) is 25.0 Å². The van der Waals surface area contributed by atoms with Crippen LogP contribution in [0.4, 0.5) is 23.1 Å². The van der Waals surface area contributed by atoms with Gasteiger partial charge in [0.05, 0.1) is 0 Å². The van der Waals surface area contributed by atoms with Crippen LogP contribution in [0.15, 0.2) is 54.9 Å². The second-order valence-corrected chi connectivity index (χ2v) is 7.35. The fourth-order valence-corrected chi connectivity index (χ4v) is 3.48. The van der Waals surface area contributed by atoms with Crippen molar-refractivity contribution in [3.05, 3.63) is 60.6 Å². The molecule has 1 saturated heterocycles. The first kappa shape index (κ1) is 19.0. The van der Waals surface area contributed by atoms with E-state index in [0.717, 1.165) is 41.9 Å². The molecule has 7 nitrogen and oxygen atoms in total. The number of carbonyl (C=O) groups excluding carboxylic acids is 1. The smallest absolute Gasteiger partial charge is 0.244 e. The molecule has 0 unspecified atom stereocenters. The molecule has 3 aromatic rings. The monoisotopic (exact) mass is 390 g/mol. The third-order valence-corrected chi connectivity index (χ3v) is 4.91. The van der Waals surface area contributed by atoms with Crippen molar-refractivity contribution in [3.63, 3.8) is 0 Å². The molecule has 0 atom stereocenters. The lowest BCUT2D eigenvalue weighted by Crippen LogP contribution is -2.31. The van der Waals surface area contributed by atoms with Gasteiger partial charge in [-0.3, -0.25) is 4.79 Å². The summed E-state index contributed by atoms with van der Waals surface area (Å²) in [5.41, 5.74) is 2.62. The Morgan fingerprint density at radius 3 is 2.41 bits per heavy atom. The predicted octanol–water partition coefficient (Wildman–Crippen LogP) is 3.96. The van der Waals surface area contributed by atoms with Crippen LogP contribution in [0.25, 0.3) is 0 Å². The molecule has 0 aliphatic carbocycles. The molecular formula is C22H26N6O. The molecule has 1 aliphatic heterocycles. The number of amides is 1. The molecule has 1 amide bonds. The number of rotatable bonds is 6. The van der Waals surface area contributed by atoms with Crippen molar-refractivity contribution < 1.29 is 4.79 Å². The van der Waals surface area contributed by atoms with Crippen LogP contribution >= 0.6 is 0 Å². The molecule has 0 saturated carbocycles. The van der Waals surface area contributed by atoms with E-state index in [9.17, 15) is 4.79 Å². The third kappa shape index (κ3) is 5.13. The number of aromatic nitrogens is 3. The molecule has 29 heavy (non-hydrogen) atoms. The average Bonchev–Trinajstić information content (AvgIpc) is 3.22. The molecule has 4 rings (SSSR count). The summed E-state index contributed by atoms with van der Waals surface area (Å²) in [6.45, 7) is 4.32. The molecule has 0 radical (unpaired) electrons. The molecule has 7 heteroatoms. The summed E-state index contributed by atoms with van der Waals surface area (Å²) in [6, 6.07) is 13.4. The molecule has 1 aromatic carbocycles. The fraction of sp³-hybridized carbons (Fsp3) is 0.318. The maximum atomic E-state index is 12.1. The lowest BCUT2D eigenvalue weighted by atomic mass is 10.1. The van der Waals surface area contributed by atoms with Crippen LogP contribution in [0.5, 0.6) is 0 Å². The quantitative estimate of drug-likeness (QED) is 0.666. The first-order valence-corrected chi connectivity index (χ1v) is 10.0. The Kier molecular flexibility index (Phi) is 5.74. The molecule has 3 heterocycles. The summed E-state index contributed by atoms with van der Waals surface area (Å²) in [5.74, 6) is 1.52. The number of benzene rings is 1. The fourth-order valence-electron chi connectivity index (χ4n) is 3.48. The Morgan fingerprint density at radius 2 is 1.69 bits per heavy atom. The SMILES string of the molecule is Cc1cc(Nc2ccc(NC(=O)Cn3cccc3)cc2)nc(N2CCCCC2)n1. The average molecular weight is 390 g/mol. The van der Waals surface area contributed by atoms with Gasteiger partial charge in [0.1, 0.15) is 12.4 Å². The Morgan fingerprint density at radius 1 is 1.00 bits per heavy atom. The summed E-state index contributed by atoms with van der Waals surface area (Å²) in [6.07, 6.45) is 7.40. The number of hydrogen-bond donors (Lipinski definition) is 2. The highest BCUT2D eigenvalue weighted by Crippen LogP contribution is 2.22. The topological polar surface area (TPSA) is 75.1 Å². The van der Waals surface area contributed by atoms with Crippen LogP contribution in [0, 0.1) is 6.92 Å². The molecule has 2 aromatic heterocycles. The Hall–Kier alpha value is -3.35. The molecule has 1 fully saturated rings. The van der Waals surface area contributed by atoms with Crippen molar-refractivity contribution in [2.45, 2.75) is 32.7 Å². The van der Waals surface area contributed by atoms with E-state index in [4.69, 9.17) is 4.98 Å². The van der Waals surface area contributed by atoms with E-state index in [0.29, 0.717) is 6.54 Å². The third-order valence-electron chi connectivity index (χ3n) is 4.91. The van der Waals surface area contributed by atoms with Gasteiger partial charge in [-0.25, -0.2) is 4.98 Å². The van der Waals surface area contributed by atoms with Crippen LogP contribution in [0.2, 0.25) is 0 Å². The van der Waals surface area contributed by atoms with E-state index in [1.165, 1.54) is 19.3 Å². The number of carbonyl (C=O) groups is 1. The van der Waals surface area contributed by atoms with Crippen molar-refractivity contribution >= 4 is 29.0 Å². The summed E-state index contributed by atoms with van der Waals surface area (Å²) < 4.78 is 1.84. The standard InChI is InChI=1S/C22H26N6O/c1-17-15-20(26-22(23-17)28-13-3-2-4-14-28)24-18-7-9-19(10-8-18)25-21(29)16-27-11-5-6-12-27/h5-12,15H,2-4,13-14,16H2,1H3,(H,25,29)(H,23,24,26). The second-order valence-electron chi connectivity index (χ2n) is 7.35. The first-order valence-electron chi connectivity index (χ1n) is 10.0. The van der Waals surface area contributed by atoms with E-state index in [1.54, 1.807) is 0 Å². The molecular weight excluding hydrogens is 364 g/mol. The zero-order valence-corrected chi connectivity index (χ0v) is 16.6. The van der Waals surface area contributed by atoms with Gasteiger partial charge in [0.2, 0.25) is 11.9 Å². The van der Waals surface area contributed by atoms with E-state index >= 15 is 0 Å². The van der Waals surface area contributed by atoms with Gasteiger partial charge in [-0.1, -0.05) is 0 Å². The van der Waals surface area contributed by atoms with E-state index in [2.05, 4.69) is 20.5 Å². The maximum Gasteiger partial charge on any atom is 0.244 e. The van der Waals surface area contributed by atoms with Gasteiger partial charge in [0.25, 0.3) is 0 Å². The van der Waals surface area contributed by atoms with Crippen molar-refractivity contribution in [3.8, 4) is 0 Å². The summed E-state index contributed by atoms with van der Waals surface area (Å²) in [4.78, 5) is 23.7. The lowest BCUT2D eigenvalue weighted by molar-refractivity contribution is -0.116. The Balaban J connectivity index is 1.39. The molecule has 1 aliphatic rings. The van der Waals surface area contributed by atoms with Gasteiger partial charge < -0.3 is 20.1 Å². The van der Waals surface area contributed by atoms with Crippen molar-refractivity contribution in [1.82, 2.24) is 14.5 Å². The molecule has 150 valence electrons. The zero-order valence-electron chi connectivity index (χ0n) is 16.6. The van der Waals surface area contributed by atoms with Crippen LogP contribution in [-0.2, 0) is 11.3 Å². The molecule has 0 spiro atoms. The predicted molar refractivity (Wildman–Crippen MR) is 116 cm³/mol.